The van der Waals surface area contributed by atoms with Gasteiger partial charge in [-0.25, -0.2) is 8.42 Å². The lowest BCUT2D eigenvalue weighted by molar-refractivity contribution is -0.143. The fraction of sp³-hybridized carbons (Fsp3) is 0.682. The highest BCUT2D eigenvalue weighted by molar-refractivity contribution is 7.89. The van der Waals surface area contributed by atoms with Crippen molar-refractivity contribution in [2.45, 2.75) is 44.1 Å². The summed E-state index contributed by atoms with van der Waals surface area (Å²) in [7, 11) is -3.38. The summed E-state index contributed by atoms with van der Waals surface area (Å²) in [5, 5.41) is 2.49. The molecule has 1 N–H and O–H groups in total. The van der Waals surface area contributed by atoms with Crippen LogP contribution in [0.5, 0.6) is 0 Å². The van der Waals surface area contributed by atoms with E-state index in [0.29, 0.717) is 57.7 Å². The maximum Gasteiger partial charge on any atom is 0.417 e. The van der Waals surface area contributed by atoms with E-state index in [-0.39, 0.29) is 43.9 Å². The average molecular weight is 582 g/mol. The summed E-state index contributed by atoms with van der Waals surface area (Å²) in [4.78, 5) is 14.8. The zero-order chi connectivity index (χ0) is 26.8. The molecule has 0 atom stereocenters. The molecule has 37 heavy (non-hydrogen) atoms. The molecule has 2 aliphatic heterocycles. The van der Waals surface area contributed by atoms with Crippen molar-refractivity contribution in [1.82, 2.24) is 14.5 Å². The number of rotatable bonds is 7. The number of ether oxygens (including phenoxy) is 1. The summed E-state index contributed by atoms with van der Waals surface area (Å²) < 4.78 is 111. The zero-order valence-corrected chi connectivity index (χ0v) is 21.8. The highest BCUT2D eigenvalue weighted by Crippen LogP contribution is 2.37. The van der Waals surface area contributed by atoms with E-state index in [1.807, 2.05) is 4.90 Å². The highest BCUT2D eigenvalue weighted by Gasteiger charge is 2.43. The fourth-order valence-corrected chi connectivity index (χ4v) is 6.17. The Morgan fingerprint density at radius 3 is 2.14 bits per heavy atom. The van der Waals surface area contributed by atoms with Crippen molar-refractivity contribution in [3.63, 3.8) is 0 Å². The summed E-state index contributed by atoms with van der Waals surface area (Å²) >= 11 is 0. The Bertz CT molecular complexity index is 1040. The number of nitrogens with one attached hydrogen (secondary N) is 1. The lowest BCUT2D eigenvalue weighted by Gasteiger charge is -2.49. The summed E-state index contributed by atoms with van der Waals surface area (Å²) in [6.07, 6.45) is -8.76. The molecule has 3 rings (SSSR count). The molecule has 2 aliphatic rings. The molecule has 1 aromatic rings. The van der Waals surface area contributed by atoms with Crippen LogP contribution in [0.2, 0.25) is 0 Å². The molecule has 0 unspecified atom stereocenters. The Hall–Kier alpha value is -1.61. The lowest BCUT2D eigenvalue weighted by atomic mass is 9.87. The second-order valence-electron chi connectivity index (χ2n) is 8.98. The van der Waals surface area contributed by atoms with Crippen LogP contribution in [0.1, 0.15) is 47.7 Å². The first-order valence-corrected chi connectivity index (χ1v) is 13.2. The number of alkyl halides is 6. The standard InChI is InChI=1S/C22H29F6N3O4S.ClH/c1-2-13-36(33,34)31-9-7-30(8-10-31)20(5-11-35-12-6-20)15-29-19(32)17-4-3-16(21(23,24)25)14-18(17)22(26,27)28;/h3-4,14H,2,5-13,15H2,1H3,(H,29,32);1H. The van der Waals surface area contributed by atoms with Crippen LogP contribution in [0.4, 0.5) is 26.3 Å². The first-order chi connectivity index (χ1) is 16.7. The van der Waals surface area contributed by atoms with Crippen LogP contribution in [-0.2, 0) is 27.1 Å². The summed E-state index contributed by atoms with van der Waals surface area (Å²) in [5.41, 5.74) is -4.74. The minimum absolute atomic E-state index is 0. The largest absolute Gasteiger partial charge is 0.417 e. The maximum atomic E-state index is 13.5. The van der Waals surface area contributed by atoms with Gasteiger partial charge in [-0.15, -0.1) is 12.4 Å². The number of benzene rings is 1. The minimum atomic E-state index is -5.16. The van der Waals surface area contributed by atoms with Gasteiger partial charge < -0.3 is 10.1 Å². The molecule has 15 heteroatoms. The van der Waals surface area contributed by atoms with Crippen molar-refractivity contribution < 1.29 is 44.3 Å². The summed E-state index contributed by atoms with van der Waals surface area (Å²) in [6, 6.07) is 0.925. The number of halogens is 7. The van der Waals surface area contributed by atoms with Crippen LogP contribution < -0.4 is 5.32 Å². The van der Waals surface area contributed by atoms with Crippen molar-refractivity contribution >= 4 is 28.3 Å². The first kappa shape index (κ1) is 31.6. The lowest BCUT2D eigenvalue weighted by Crippen LogP contribution is -2.63. The van der Waals surface area contributed by atoms with E-state index in [1.165, 1.54) is 4.31 Å². The molecular weight excluding hydrogens is 552 g/mol. The third kappa shape index (κ3) is 7.49. The van der Waals surface area contributed by atoms with Crippen LogP contribution in [0.3, 0.4) is 0 Å². The molecule has 0 radical (unpaired) electrons. The van der Waals surface area contributed by atoms with Crippen LogP contribution in [-0.4, -0.2) is 80.8 Å². The number of carbonyl (C=O) groups excluding carboxylic acids is 1. The number of hydrogen-bond donors (Lipinski definition) is 1. The first-order valence-electron chi connectivity index (χ1n) is 11.6. The van der Waals surface area contributed by atoms with Gasteiger partial charge in [0.1, 0.15) is 0 Å². The number of sulfonamides is 1. The minimum Gasteiger partial charge on any atom is -0.381 e. The average Bonchev–Trinajstić information content (AvgIpc) is 2.82. The van der Waals surface area contributed by atoms with Crippen molar-refractivity contribution in [3.8, 4) is 0 Å². The second-order valence-corrected chi connectivity index (χ2v) is 11.1. The second kappa shape index (κ2) is 12.1. The number of carbonyl (C=O) groups is 1. The molecule has 0 saturated carbocycles. The molecule has 0 aliphatic carbocycles. The molecular formula is C22H30ClF6N3O4S. The molecule has 0 bridgehead atoms. The van der Waals surface area contributed by atoms with Gasteiger partial charge in [0.25, 0.3) is 5.91 Å². The van der Waals surface area contributed by atoms with E-state index >= 15 is 0 Å². The maximum absolute atomic E-state index is 13.5. The van der Waals surface area contributed by atoms with E-state index in [0.717, 1.165) is 0 Å². The number of piperazine rings is 1. The molecule has 2 fully saturated rings. The smallest absolute Gasteiger partial charge is 0.381 e. The predicted octanol–water partition coefficient (Wildman–Crippen LogP) is 3.78. The van der Waals surface area contributed by atoms with Crippen LogP contribution in [0.15, 0.2) is 18.2 Å². The molecule has 7 nitrogen and oxygen atoms in total. The third-order valence-electron chi connectivity index (χ3n) is 6.66. The summed E-state index contributed by atoms with van der Waals surface area (Å²) in [6.45, 7) is 3.63. The van der Waals surface area contributed by atoms with Gasteiger partial charge in [-0.2, -0.15) is 30.6 Å². The topological polar surface area (TPSA) is 79.0 Å². The van der Waals surface area contributed by atoms with Gasteiger partial charge in [0.2, 0.25) is 10.0 Å². The molecule has 1 amide bonds. The van der Waals surface area contributed by atoms with E-state index in [2.05, 4.69) is 5.32 Å². The van der Waals surface area contributed by atoms with E-state index in [9.17, 15) is 39.6 Å². The molecule has 1 aromatic carbocycles. The van der Waals surface area contributed by atoms with Crippen molar-refractivity contribution in [3.05, 3.63) is 34.9 Å². The van der Waals surface area contributed by atoms with Crippen molar-refractivity contribution in [2.24, 2.45) is 0 Å². The van der Waals surface area contributed by atoms with Gasteiger partial charge in [-0.3, -0.25) is 9.69 Å². The Morgan fingerprint density at radius 1 is 1.03 bits per heavy atom. The van der Waals surface area contributed by atoms with E-state index in [1.54, 1.807) is 6.92 Å². The molecule has 0 spiro atoms. The number of nitrogens with zero attached hydrogens (tertiary/aromatic N) is 2. The van der Waals surface area contributed by atoms with Crippen molar-refractivity contribution in [2.75, 3.05) is 51.7 Å². The van der Waals surface area contributed by atoms with Crippen molar-refractivity contribution in [1.29, 1.82) is 0 Å². The Labute approximate surface area is 218 Å². The molecule has 2 heterocycles. The van der Waals surface area contributed by atoms with Gasteiger partial charge in [-0.1, -0.05) is 6.92 Å². The van der Waals surface area contributed by atoms with Gasteiger partial charge in [0.05, 0.1) is 22.4 Å². The number of hydrogen-bond acceptors (Lipinski definition) is 5. The normalized spacial score (nSPS) is 19.8. The van der Waals surface area contributed by atoms with Crippen LogP contribution in [0.25, 0.3) is 0 Å². The SMILES string of the molecule is CCCS(=O)(=O)N1CCN(C2(CNC(=O)c3ccc(C(F)(F)F)cc3C(F)(F)F)CCOCC2)CC1.Cl. The summed E-state index contributed by atoms with van der Waals surface area (Å²) in [5.74, 6) is -1.09. The quantitative estimate of drug-likeness (QED) is 0.496. The van der Waals surface area contributed by atoms with Gasteiger partial charge in [0, 0.05) is 51.5 Å². The van der Waals surface area contributed by atoms with E-state index in [4.69, 9.17) is 4.74 Å². The Balaban J connectivity index is 0.00000481. The monoisotopic (exact) mass is 581 g/mol. The van der Waals surface area contributed by atoms with Gasteiger partial charge in [0.15, 0.2) is 0 Å². The van der Waals surface area contributed by atoms with E-state index < -0.39 is 50.5 Å². The highest BCUT2D eigenvalue weighted by atomic mass is 35.5. The molecule has 2 saturated heterocycles. The molecule has 0 aromatic heterocycles. The Kier molecular flexibility index (Phi) is 10.3. The van der Waals surface area contributed by atoms with Crippen LogP contribution >= 0.6 is 12.4 Å². The zero-order valence-electron chi connectivity index (χ0n) is 20.1. The predicted molar refractivity (Wildman–Crippen MR) is 126 cm³/mol. The number of amides is 1. The van der Waals surface area contributed by atoms with Gasteiger partial charge in [-0.05, 0) is 37.5 Å². The Morgan fingerprint density at radius 2 is 1.62 bits per heavy atom. The molecule has 212 valence electrons. The van der Waals surface area contributed by atoms with Crippen LogP contribution in [0, 0.1) is 0 Å². The third-order valence-corrected chi connectivity index (χ3v) is 8.74. The van der Waals surface area contributed by atoms with Gasteiger partial charge >= 0.3 is 12.4 Å². The fourth-order valence-electron chi connectivity index (χ4n) is 4.68.